The lowest BCUT2D eigenvalue weighted by molar-refractivity contribution is -0.156. The lowest BCUT2D eigenvalue weighted by Crippen LogP contribution is -2.39. The summed E-state index contributed by atoms with van der Waals surface area (Å²) in [7, 11) is 0. The zero-order valence-electron chi connectivity index (χ0n) is 24.9. The zero-order chi connectivity index (χ0) is 32.0. The minimum atomic E-state index is -4.62. The molecule has 1 N–H and O–H groups in total. The number of carboxylic acid groups (broad SMARTS) is 1. The number of aromatic nitrogens is 2. The Hall–Kier alpha value is -4.35. The number of fused-ring (bicyclic) bond motifs is 1. The van der Waals surface area contributed by atoms with Gasteiger partial charge in [0.1, 0.15) is 29.3 Å². The highest BCUT2D eigenvalue weighted by atomic mass is 19.4. The van der Waals surface area contributed by atoms with E-state index in [2.05, 4.69) is 5.10 Å². The molecule has 5 rings (SSSR count). The first-order valence-corrected chi connectivity index (χ1v) is 14.3. The summed E-state index contributed by atoms with van der Waals surface area (Å²) in [5.74, 6) is -2.35. The number of benzene rings is 2. The van der Waals surface area contributed by atoms with E-state index in [-0.39, 0.29) is 36.2 Å². The van der Waals surface area contributed by atoms with Crippen LogP contribution in [0, 0.1) is 17.3 Å². The maximum atomic E-state index is 13.9. The van der Waals surface area contributed by atoms with Crippen molar-refractivity contribution in [1.29, 1.82) is 0 Å². The fraction of sp³-hybridized carbons (Fsp3) is 0.438. The molecular formula is C32H34F3N3O6. The predicted molar refractivity (Wildman–Crippen MR) is 153 cm³/mol. The van der Waals surface area contributed by atoms with E-state index in [0.29, 0.717) is 24.4 Å². The average molecular weight is 614 g/mol. The van der Waals surface area contributed by atoms with E-state index in [1.54, 1.807) is 69.0 Å². The maximum Gasteiger partial charge on any atom is 0.433 e. The first-order valence-electron chi connectivity index (χ1n) is 14.3. The third-order valence-electron chi connectivity index (χ3n) is 8.25. The number of ether oxygens (including phenoxy) is 2. The number of hydrogen-bond donors (Lipinski definition) is 1. The van der Waals surface area contributed by atoms with E-state index in [0.717, 1.165) is 16.3 Å². The van der Waals surface area contributed by atoms with Crippen molar-refractivity contribution in [2.45, 2.75) is 65.3 Å². The molecular weight excluding hydrogens is 579 g/mol. The number of carboxylic acids is 1. The van der Waals surface area contributed by atoms with Gasteiger partial charge in [0, 0.05) is 18.7 Å². The summed E-state index contributed by atoms with van der Waals surface area (Å²) in [5.41, 5.74) is -1.10. The number of halogens is 3. The summed E-state index contributed by atoms with van der Waals surface area (Å²) in [6.07, 6.45) is -4.59. The zero-order valence-corrected chi connectivity index (χ0v) is 24.9. The Labute approximate surface area is 252 Å². The van der Waals surface area contributed by atoms with Crippen molar-refractivity contribution in [1.82, 2.24) is 9.78 Å². The number of carbonyl (C=O) groups is 3. The molecule has 9 nitrogen and oxygen atoms in total. The molecule has 3 atom stereocenters. The van der Waals surface area contributed by atoms with Gasteiger partial charge in [-0.15, -0.1) is 0 Å². The van der Waals surface area contributed by atoms with Crippen molar-refractivity contribution in [2.24, 2.45) is 17.3 Å². The van der Waals surface area contributed by atoms with Crippen LogP contribution < -0.4 is 9.64 Å². The minimum Gasteiger partial charge on any atom is -0.487 e. The van der Waals surface area contributed by atoms with Gasteiger partial charge >= 0.3 is 18.1 Å². The molecule has 2 aliphatic rings. The number of aliphatic carboxylic acids is 1. The SMILES string of the molecule is CC1C(CC(=O)OC(C)(C)C)C1(CC(=O)O)C(=O)N1CCc2cc(OCc3cc(C(F)(F)F)n(-c4ccccc4)n3)ccc21. The first kappa shape index (κ1) is 31.1. The third-order valence-corrected chi connectivity index (χ3v) is 8.25. The van der Waals surface area contributed by atoms with Crippen molar-refractivity contribution in [3.05, 3.63) is 71.5 Å². The maximum absolute atomic E-state index is 13.9. The number of alkyl halides is 3. The Morgan fingerprint density at radius 1 is 1.07 bits per heavy atom. The Morgan fingerprint density at radius 3 is 2.41 bits per heavy atom. The van der Waals surface area contributed by atoms with Crippen LogP contribution in [0.1, 0.15) is 57.5 Å². The standard InChI is InChI=1S/C32H34F3N3O6/c1-19-24(16-28(41)44-30(2,3)4)31(19,17-27(39)40)29(42)37-13-12-20-14-23(10-11-25(20)37)43-18-21-15-26(32(33,34)35)38(36-21)22-8-6-5-7-9-22/h5-11,14-15,19,24H,12-13,16-18H2,1-4H3,(H,39,40). The number of nitrogens with zero attached hydrogens (tertiary/aromatic N) is 3. The van der Waals surface area contributed by atoms with Crippen LogP contribution in [0.5, 0.6) is 5.75 Å². The van der Waals surface area contributed by atoms with E-state index in [1.165, 1.54) is 12.1 Å². The number of anilines is 1. The van der Waals surface area contributed by atoms with Crippen molar-refractivity contribution in [3.8, 4) is 11.4 Å². The molecule has 1 aliphatic carbocycles. The van der Waals surface area contributed by atoms with Gasteiger partial charge in [0.05, 0.1) is 17.5 Å². The molecule has 0 radical (unpaired) electrons. The van der Waals surface area contributed by atoms with E-state index < -0.39 is 47.2 Å². The van der Waals surface area contributed by atoms with Crippen molar-refractivity contribution in [3.63, 3.8) is 0 Å². The number of hydrogen-bond acceptors (Lipinski definition) is 6. The summed E-state index contributed by atoms with van der Waals surface area (Å²) >= 11 is 0. The summed E-state index contributed by atoms with van der Waals surface area (Å²) in [6, 6.07) is 14.0. The Morgan fingerprint density at radius 2 is 1.77 bits per heavy atom. The van der Waals surface area contributed by atoms with Gasteiger partial charge in [-0.2, -0.15) is 18.3 Å². The number of carbonyl (C=O) groups excluding carboxylic acids is 2. The van der Waals surface area contributed by atoms with Gasteiger partial charge in [-0.1, -0.05) is 25.1 Å². The van der Waals surface area contributed by atoms with Crippen LogP contribution >= 0.6 is 0 Å². The molecule has 2 heterocycles. The molecule has 1 amide bonds. The normalized spacial score (nSPS) is 21.1. The van der Waals surface area contributed by atoms with Gasteiger partial charge in [-0.25, -0.2) is 4.68 Å². The van der Waals surface area contributed by atoms with E-state index in [9.17, 15) is 32.7 Å². The molecule has 1 saturated carbocycles. The topological polar surface area (TPSA) is 111 Å². The Balaban J connectivity index is 1.31. The van der Waals surface area contributed by atoms with Gasteiger partial charge in [-0.05, 0) is 81.0 Å². The smallest absolute Gasteiger partial charge is 0.433 e. The van der Waals surface area contributed by atoms with Crippen LogP contribution in [0.25, 0.3) is 5.69 Å². The van der Waals surface area contributed by atoms with E-state index in [1.807, 2.05) is 0 Å². The highest BCUT2D eigenvalue weighted by Gasteiger charge is 2.69. The van der Waals surface area contributed by atoms with E-state index >= 15 is 0 Å². The van der Waals surface area contributed by atoms with Gasteiger partial charge < -0.3 is 19.5 Å². The Kier molecular flexibility index (Phi) is 7.98. The molecule has 1 aliphatic heterocycles. The molecule has 0 bridgehead atoms. The second kappa shape index (κ2) is 11.3. The number of rotatable bonds is 9. The summed E-state index contributed by atoms with van der Waals surface area (Å²) in [5, 5.41) is 13.8. The first-order chi connectivity index (χ1) is 20.6. The van der Waals surface area contributed by atoms with Gasteiger partial charge in [0.25, 0.3) is 0 Å². The molecule has 1 aromatic heterocycles. The second-order valence-corrected chi connectivity index (χ2v) is 12.3. The van der Waals surface area contributed by atoms with Crippen LogP contribution in [0.4, 0.5) is 18.9 Å². The molecule has 3 aromatic rings. The fourth-order valence-electron chi connectivity index (χ4n) is 6.18. The van der Waals surface area contributed by atoms with Crippen LogP contribution in [-0.4, -0.2) is 44.9 Å². The number of esters is 1. The van der Waals surface area contributed by atoms with Crippen LogP contribution in [-0.2, 0) is 38.3 Å². The summed E-state index contributed by atoms with van der Waals surface area (Å²) < 4.78 is 53.2. The van der Waals surface area contributed by atoms with E-state index in [4.69, 9.17) is 9.47 Å². The predicted octanol–water partition coefficient (Wildman–Crippen LogP) is 5.82. The van der Waals surface area contributed by atoms with Crippen molar-refractivity contribution in [2.75, 3.05) is 11.4 Å². The monoisotopic (exact) mass is 613 g/mol. The molecule has 12 heteroatoms. The average Bonchev–Trinajstić information content (AvgIpc) is 3.31. The lowest BCUT2D eigenvalue weighted by Gasteiger charge is -2.25. The van der Waals surface area contributed by atoms with Crippen molar-refractivity contribution >= 4 is 23.5 Å². The molecule has 234 valence electrons. The minimum absolute atomic E-state index is 0.0545. The molecule has 2 aromatic carbocycles. The molecule has 0 spiro atoms. The summed E-state index contributed by atoms with van der Waals surface area (Å²) in [4.78, 5) is 39.9. The Bertz CT molecular complexity index is 1580. The quantitative estimate of drug-likeness (QED) is 0.303. The highest BCUT2D eigenvalue weighted by Crippen LogP contribution is 2.64. The second-order valence-electron chi connectivity index (χ2n) is 12.3. The largest absolute Gasteiger partial charge is 0.487 e. The molecule has 3 unspecified atom stereocenters. The third kappa shape index (κ3) is 6.15. The van der Waals surface area contributed by atoms with Crippen LogP contribution in [0.15, 0.2) is 54.6 Å². The van der Waals surface area contributed by atoms with Crippen molar-refractivity contribution < 1.29 is 42.1 Å². The lowest BCUT2D eigenvalue weighted by atomic mass is 9.94. The van der Waals surface area contributed by atoms with Gasteiger partial charge in [-0.3, -0.25) is 14.4 Å². The number of para-hydroxylation sites is 1. The van der Waals surface area contributed by atoms with Crippen LogP contribution in [0.2, 0.25) is 0 Å². The van der Waals surface area contributed by atoms with Gasteiger partial charge in [0.15, 0.2) is 0 Å². The number of amides is 1. The molecule has 0 saturated heterocycles. The van der Waals surface area contributed by atoms with Crippen LogP contribution in [0.3, 0.4) is 0 Å². The molecule has 1 fully saturated rings. The van der Waals surface area contributed by atoms with Gasteiger partial charge in [0.2, 0.25) is 5.91 Å². The molecule has 44 heavy (non-hydrogen) atoms. The summed E-state index contributed by atoms with van der Waals surface area (Å²) in [6.45, 7) is 7.12. The highest BCUT2D eigenvalue weighted by molar-refractivity contribution is 6.03. The fourth-order valence-corrected chi connectivity index (χ4v) is 6.18.